The molecule has 0 spiro atoms. The van der Waals surface area contributed by atoms with E-state index in [1.54, 1.807) is 24.3 Å². The molecule has 1 N–H and O–H groups in total. The van der Waals surface area contributed by atoms with Crippen molar-refractivity contribution in [2.75, 3.05) is 13.3 Å². The van der Waals surface area contributed by atoms with Crippen molar-refractivity contribution in [2.24, 2.45) is 0 Å². The van der Waals surface area contributed by atoms with Gasteiger partial charge in [0.1, 0.15) is 6.04 Å². The average Bonchev–Trinajstić information content (AvgIpc) is 2.60. The molecule has 2 unspecified atom stereocenters. The van der Waals surface area contributed by atoms with Crippen molar-refractivity contribution >= 4 is 15.9 Å². The molecular formula is C20H26N2O3S. The summed E-state index contributed by atoms with van der Waals surface area (Å²) < 4.78 is 25.3. The minimum absolute atomic E-state index is 0.178. The summed E-state index contributed by atoms with van der Waals surface area (Å²) in [6.45, 7) is 4.00. The van der Waals surface area contributed by atoms with E-state index in [0.29, 0.717) is 12.0 Å². The third kappa shape index (κ3) is 4.71. The number of hydrogen-bond acceptors (Lipinski definition) is 3. The minimum atomic E-state index is -3.54. The summed E-state index contributed by atoms with van der Waals surface area (Å²) in [4.78, 5) is 13.1. The highest BCUT2D eigenvalue weighted by Crippen LogP contribution is 2.25. The van der Waals surface area contributed by atoms with E-state index in [4.69, 9.17) is 0 Å². The van der Waals surface area contributed by atoms with Gasteiger partial charge >= 0.3 is 0 Å². The summed E-state index contributed by atoms with van der Waals surface area (Å²) in [5.41, 5.74) is 2.77. The van der Waals surface area contributed by atoms with Crippen LogP contribution < -0.4 is 5.32 Å². The monoisotopic (exact) mass is 374 g/mol. The Kier molecular flexibility index (Phi) is 6.56. The number of hydrogen-bond donors (Lipinski definition) is 1. The van der Waals surface area contributed by atoms with Gasteiger partial charge in [0.2, 0.25) is 15.9 Å². The van der Waals surface area contributed by atoms with Crippen LogP contribution >= 0.6 is 0 Å². The van der Waals surface area contributed by atoms with Crippen molar-refractivity contribution in [3.63, 3.8) is 0 Å². The molecule has 2 aromatic rings. The number of carbonyl (C=O) groups is 1. The maximum absolute atomic E-state index is 13.1. The number of nitrogens with zero attached hydrogens (tertiary/aromatic N) is 1. The molecule has 0 saturated carbocycles. The van der Waals surface area contributed by atoms with E-state index in [-0.39, 0.29) is 11.9 Å². The number of nitrogens with one attached hydrogen (secondary N) is 1. The molecule has 1 amide bonds. The predicted molar refractivity (Wildman–Crippen MR) is 104 cm³/mol. The fraction of sp³-hybridized carbons (Fsp3) is 0.350. The van der Waals surface area contributed by atoms with Gasteiger partial charge < -0.3 is 5.32 Å². The second kappa shape index (κ2) is 8.47. The summed E-state index contributed by atoms with van der Waals surface area (Å²) in [5.74, 6) is -0.334. The molecule has 140 valence electrons. The number of rotatable bonds is 7. The first-order valence-corrected chi connectivity index (χ1v) is 10.4. The molecule has 2 atom stereocenters. The van der Waals surface area contributed by atoms with Crippen LogP contribution in [-0.2, 0) is 14.8 Å². The maximum atomic E-state index is 13.1. The van der Waals surface area contributed by atoms with E-state index in [2.05, 4.69) is 5.32 Å². The molecule has 0 aliphatic carbocycles. The second-order valence-electron chi connectivity index (χ2n) is 6.42. The van der Waals surface area contributed by atoms with Gasteiger partial charge in [0.05, 0.1) is 12.3 Å². The fourth-order valence-corrected chi connectivity index (χ4v) is 3.58. The highest BCUT2D eigenvalue weighted by Gasteiger charge is 2.32. The molecule has 6 heteroatoms. The van der Waals surface area contributed by atoms with Gasteiger partial charge in [0, 0.05) is 7.05 Å². The van der Waals surface area contributed by atoms with E-state index in [9.17, 15) is 13.2 Å². The van der Waals surface area contributed by atoms with Crippen LogP contribution in [0.4, 0.5) is 0 Å². The molecule has 2 aromatic carbocycles. The van der Waals surface area contributed by atoms with Crippen molar-refractivity contribution < 1.29 is 13.2 Å². The predicted octanol–water partition coefficient (Wildman–Crippen LogP) is 3.20. The summed E-state index contributed by atoms with van der Waals surface area (Å²) >= 11 is 0. The molecule has 0 aromatic heterocycles. The highest BCUT2D eigenvalue weighted by atomic mass is 32.2. The summed E-state index contributed by atoms with van der Waals surface area (Å²) in [7, 11) is -2.11. The molecule has 0 fully saturated rings. The van der Waals surface area contributed by atoms with Crippen molar-refractivity contribution in [3.05, 3.63) is 71.3 Å². The Balaban J connectivity index is 2.36. The zero-order chi connectivity index (χ0) is 19.3. The van der Waals surface area contributed by atoms with Crippen LogP contribution in [-0.4, -0.2) is 31.9 Å². The Morgan fingerprint density at radius 3 is 2.19 bits per heavy atom. The first-order valence-electron chi connectivity index (χ1n) is 8.59. The van der Waals surface area contributed by atoms with Gasteiger partial charge in [0.25, 0.3) is 0 Å². The molecule has 26 heavy (non-hydrogen) atoms. The SMILES string of the molecule is CCC(NC(=O)C(c1ccccc1)N(C)S(C)(=O)=O)c1ccccc1C. The van der Waals surface area contributed by atoms with Gasteiger partial charge in [0.15, 0.2) is 0 Å². The number of amides is 1. The van der Waals surface area contributed by atoms with Crippen molar-refractivity contribution in [2.45, 2.75) is 32.4 Å². The van der Waals surface area contributed by atoms with Crippen LogP contribution in [0, 0.1) is 6.92 Å². The lowest BCUT2D eigenvalue weighted by atomic mass is 9.98. The molecule has 5 nitrogen and oxygen atoms in total. The standard InChI is InChI=1S/C20H26N2O3S/c1-5-18(17-14-10-9-11-15(17)2)21-20(23)19(22(3)26(4,24)25)16-12-7-6-8-13-16/h6-14,18-19H,5H2,1-4H3,(H,21,23). The lowest BCUT2D eigenvalue weighted by Crippen LogP contribution is -2.42. The molecule has 0 heterocycles. The zero-order valence-electron chi connectivity index (χ0n) is 15.6. The molecule has 0 aliphatic heterocycles. The van der Waals surface area contributed by atoms with E-state index >= 15 is 0 Å². The topological polar surface area (TPSA) is 66.5 Å². The summed E-state index contributed by atoms with van der Waals surface area (Å²) in [6.07, 6.45) is 1.82. The van der Waals surface area contributed by atoms with Crippen LogP contribution in [0.3, 0.4) is 0 Å². The number of benzene rings is 2. The first kappa shape index (κ1) is 20.1. The molecule has 0 saturated heterocycles. The number of aryl methyl sites for hydroxylation is 1. The summed E-state index contributed by atoms with van der Waals surface area (Å²) in [6, 6.07) is 15.7. The van der Waals surface area contributed by atoms with Gasteiger partial charge in [-0.05, 0) is 30.0 Å². The Morgan fingerprint density at radius 1 is 1.08 bits per heavy atom. The Hall–Kier alpha value is -2.18. The van der Waals surface area contributed by atoms with Gasteiger partial charge in [-0.25, -0.2) is 8.42 Å². The van der Waals surface area contributed by atoms with Gasteiger partial charge in [-0.15, -0.1) is 0 Å². The van der Waals surface area contributed by atoms with Gasteiger partial charge in [-0.3, -0.25) is 4.79 Å². The van der Waals surface area contributed by atoms with Crippen molar-refractivity contribution in [1.29, 1.82) is 0 Å². The third-order valence-electron chi connectivity index (χ3n) is 4.54. The quantitative estimate of drug-likeness (QED) is 0.809. The van der Waals surface area contributed by atoms with E-state index in [0.717, 1.165) is 21.7 Å². The number of sulfonamides is 1. The highest BCUT2D eigenvalue weighted by molar-refractivity contribution is 7.88. The minimum Gasteiger partial charge on any atom is -0.348 e. The molecule has 0 radical (unpaired) electrons. The van der Waals surface area contributed by atoms with Crippen LogP contribution in [0.15, 0.2) is 54.6 Å². The van der Waals surface area contributed by atoms with E-state index in [1.807, 2.05) is 44.2 Å². The van der Waals surface area contributed by atoms with Gasteiger partial charge in [-0.2, -0.15) is 4.31 Å². The maximum Gasteiger partial charge on any atom is 0.243 e. The van der Waals surface area contributed by atoms with E-state index in [1.165, 1.54) is 7.05 Å². The van der Waals surface area contributed by atoms with Crippen molar-refractivity contribution in [3.8, 4) is 0 Å². The lowest BCUT2D eigenvalue weighted by Gasteiger charge is -2.28. The largest absolute Gasteiger partial charge is 0.348 e. The fourth-order valence-electron chi connectivity index (χ4n) is 2.98. The molecular weight excluding hydrogens is 348 g/mol. The molecule has 0 aliphatic rings. The van der Waals surface area contributed by atoms with Crippen molar-refractivity contribution in [1.82, 2.24) is 9.62 Å². The van der Waals surface area contributed by atoms with Crippen LogP contribution in [0.5, 0.6) is 0 Å². The summed E-state index contributed by atoms with van der Waals surface area (Å²) in [5, 5.41) is 3.03. The van der Waals surface area contributed by atoms with Crippen LogP contribution in [0.1, 0.15) is 42.1 Å². The van der Waals surface area contributed by atoms with Crippen LogP contribution in [0.25, 0.3) is 0 Å². The Morgan fingerprint density at radius 2 is 1.65 bits per heavy atom. The smallest absolute Gasteiger partial charge is 0.243 e. The zero-order valence-corrected chi connectivity index (χ0v) is 16.5. The number of likely N-dealkylation sites (N-methyl/N-ethyl adjacent to an activating group) is 1. The lowest BCUT2D eigenvalue weighted by molar-refractivity contribution is -0.125. The molecule has 0 bridgehead atoms. The molecule has 2 rings (SSSR count). The van der Waals surface area contributed by atoms with Gasteiger partial charge in [-0.1, -0.05) is 61.5 Å². The van der Waals surface area contributed by atoms with E-state index < -0.39 is 16.1 Å². The number of carbonyl (C=O) groups excluding carboxylic acids is 1. The average molecular weight is 375 g/mol. The first-order chi connectivity index (χ1) is 12.3. The Labute approximate surface area is 156 Å². The third-order valence-corrected chi connectivity index (χ3v) is 5.80. The second-order valence-corrected chi connectivity index (χ2v) is 8.46. The van der Waals surface area contributed by atoms with Crippen LogP contribution in [0.2, 0.25) is 0 Å². The Bertz CT molecular complexity index is 850. The normalized spacial score (nSPS) is 14.0.